The van der Waals surface area contributed by atoms with Gasteiger partial charge >= 0.3 is 0 Å². The summed E-state index contributed by atoms with van der Waals surface area (Å²) in [5.41, 5.74) is 3.44. The zero-order valence-electron chi connectivity index (χ0n) is 18.3. The van der Waals surface area contributed by atoms with Gasteiger partial charge in [-0.25, -0.2) is 9.97 Å². The molecule has 148 valence electrons. The van der Waals surface area contributed by atoms with E-state index in [0.717, 1.165) is 30.1 Å². The number of hydrogen-bond acceptors (Lipinski definition) is 4. The van der Waals surface area contributed by atoms with E-state index in [9.17, 15) is 0 Å². The summed E-state index contributed by atoms with van der Waals surface area (Å²) in [6.07, 6.45) is 5.52. The monoisotopic (exact) mass is 368 g/mol. The number of benzene rings is 1. The minimum atomic E-state index is 0.825. The number of aryl methyl sites for hydroxylation is 2. The first-order valence-corrected chi connectivity index (χ1v) is 9.99. The second-order valence-corrected chi connectivity index (χ2v) is 5.43. The number of fused-ring (bicyclic) bond motifs is 1. The van der Waals surface area contributed by atoms with Crippen LogP contribution in [0, 0.1) is 13.8 Å². The Kier molecular flexibility index (Phi) is 13.3. The highest BCUT2D eigenvalue weighted by Crippen LogP contribution is 2.11. The Labute approximate surface area is 165 Å². The molecule has 3 aromatic rings. The van der Waals surface area contributed by atoms with Crippen LogP contribution >= 0.6 is 0 Å². The van der Waals surface area contributed by atoms with Crippen LogP contribution in [0.25, 0.3) is 10.9 Å². The summed E-state index contributed by atoms with van der Waals surface area (Å²) in [6, 6.07) is 10.3. The lowest BCUT2D eigenvalue weighted by atomic mass is 10.1. The summed E-state index contributed by atoms with van der Waals surface area (Å²) in [6.45, 7) is 18.2. The number of nitrogens with zero attached hydrogens (tertiary/aromatic N) is 4. The predicted octanol–water partition coefficient (Wildman–Crippen LogP) is 6.23. The van der Waals surface area contributed by atoms with Gasteiger partial charge in [0.2, 0.25) is 5.95 Å². The van der Waals surface area contributed by atoms with Crippen LogP contribution in [0.5, 0.6) is 0 Å². The Hall–Kier alpha value is -2.49. The van der Waals surface area contributed by atoms with Gasteiger partial charge in [-0.05, 0) is 51.0 Å². The molecule has 0 N–H and O–H groups in total. The maximum atomic E-state index is 4.24. The van der Waals surface area contributed by atoms with Gasteiger partial charge in [0.15, 0.2) is 0 Å². The normalized spacial score (nSPS) is 9.04. The summed E-state index contributed by atoms with van der Waals surface area (Å²) in [5, 5.41) is 1.21. The minimum absolute atomic E-state index is 0.825. The van der Waals surface area contributed by atoms with Crippen molar-refractivity contribution in [2.75, 3.05) is 18.0 Å². The van der Waals surface area contributed by atoms with E-state index in [1.54, 1.807) is 0 Å². The van der Waals surface area contributed by atoms with Gasteiger partial charge in [0.1, 0.15) is 0 Å². The quantitative estimate of drug-likeness (QED) is 0.550. The van der Waals surface area contributed by atoms with Crippen molar-refractivity contribution in [1.82, 2.24) is 15.0 Å². The van der Waals surface area contributed by atoms with E-state index in [0.29, 0.717) is 0 Å². The van der Waals surface area contributed by atoms with Crippen LogP contribution in [0.4, 0.5) is 5.95 Å². The molecule has 4 heteroatoms. The number of rotatable bonds is 3. The van der Waals surface area contributed by atoms with Gasteiger partial charge in [-0.15, -0.1) is 0 Å². The lowest BCUT2D eigenvalue weighted by molar-refractivity contribution is 0.819. The molecular weight excluding hydrogens is 332 g/mol. The van der Waals surface area contributed by atoms with Gasteiger partial charge in [0, 0.05) is 37.1 Å². The van der Waals surface area contributed by atoms with Crippen molar-refractivity contribution in [3.8, 4) is 0 Å². The number of hydrogen-bond donors (Lipinski definition) is 0. The standard InChI is InChI=1S/C10H9N.C9H15N3.2C2H6/c1-8-4-5-9-3-2-6-11-10(9)7-8;1-4-12(5-2)9-10-6-8(3)7-11-9;2*1-2/h2-7H,1H3;6-7H,4-5H2,1-3H3;2*1-2H3. The fourth-order valence-electron chi connectivity index (χ4n) is 2.23. The average Bonchev–Trinajstić information content (AvgIpc) is 2.73. The Bertz CT molecular complexity index is 735. The summed E-state index contributed by atoms with van der Waals surface area (Å²) in [5.74, 6) is 0.825. The summed E-state index contributed by atoms with van der Waals surface area (Å²) < 4.78 is 0. The van der Waals surface area contributed by atoms with E-state index in [1.807, 2.05) is 59.3 Å². The second kappa shape index (κ2) is 14.7. The van der Waals surface area contributed by atoms with Crippen molar-refractivity contribution < 1.29 is 0 Å². The van der Waals surface area contributed by atoms with Crippen LogP contribution in [-0.4, -0.2) is 28.0 Å². The Morgan fingerprint density at radius 1 is 0.778 bits per heavy atom. The number of anilines is 1. The van der Waals surface area contributed by atoms with E-state index < -0.39 is 0 Å². The van der Waals surface area contributed by atoms with Gasteiger partial charge in [0.05, 0.1) is 5.52 Å². The molecule has 4 nitrogen and oxygen atoms in total. The largest absolute Gasteiger partial charge is 0.341 e. The van der Waals surface area contributed by atoms with E-state index in [-0.39, 0.29) is 0 Å². The number of aromatic nitrogens is 3. The molecular formula is C23H36N4. The number of pyridine rings is 1. The van der Waals surface area contributed by atoms with E-state index in [1.165, 1.54) is 10.9 Å². The molecule has 3 rings (SSSR count). The highest BCUT2D eigenvalue weighted by Gasteiger charge is 2.02. The van der Waals surface area contributed by atoms with Crippen molar-refractivity contribution in [3.63, 3.8) is 0 Å². The highest BCUT2D eigenvalue weighted by atomic mass is 15.2. The first-order chi connectivity index (χ1) is 13.1. The van der Waals surface area contributed by atoms with Crippen molar-refractivity contribution in [1.29, 1.82) is 0 Å². The zero-order valence-corrected chi connectivity index (χ0v) is 18.3. The molecule has 0 unspecified atom stereocenters. The molecule has 0 saturated heterocycles. The molecule has 0 radical (unpaired) electrons. The predicted molar refractivity (Wildman–Crippen MR) is 120 cm³/mol. The summed E-state index contributed by atoms with van der Waals surface area (Å²) >= 11 is 0. The van der Waals surface area contributed by atoms with Crippen LogP contribution in [0.1, 0.15) is 52.7 Å². The van der Waals surface area contributed by atoms with Crippen LogP contribution in [-0.2, 0) is 0 Å². The maximum Gasteiger partial charge on any atom is 0.225 e. The fraction of sp³-hybridized carbons (Fsp3) is 0.435. The van der Waals surface area contributed by atoms with E-state index >= 15 is 0 Å². The molecule has 2 heterocycles. The summed E-state index contributed by atoms with van der Waals surface area (Å²) in [4.78, 5) is 14.8. The maximum absolute atomic E-state index is 4.24. The molecule has 0 saturated carbocycles. The van der Waals surface area contributed by atoms with Crippen molar-refractivity contribution >= 4 is 16.9 Å². The van der Waals surface area contributed by atoms with Crippen LogP contribution in [0.15, 0.2) is 48.9 Å². The molecule has 0 amide bonds. The van der Waals surface area contributed by atoms with Gasteiger partial charge < -0.3 is 4.90 Å². The topological polar surface area (TPSA) is 41.9 Å². The highest BCUT2D eigenvalue weighted by molar-refractivity contribution is 5.78. The summed E-state index contributed by atoms with van der Waals surface area (Å²) in [7, 11) is 0. The molecule has 0 aliphatic rings. The molecule has 0 fully saturated rings. The van der Waals surface area contributed by atoms with Gasteiger partial charge in [-0.1, -0.05) is 45.9 Å². The Balaban J connectivity index is 0.000000424. The first-order valence-electron chi connectivity index (χ1n) is 9.99. The fourth-order valence-corrected chi connectivity index (χ4v) is 2.23. The van der Waals surface area contributed by atoms with Gasteiger partial charge in [-0.3, -0.25) is 4.98 Å². The van der Waals surface area contributed by atoms with Gasteiger partial charge in [-0.2, -0.15) is 0 Å². The molecule has 0 bridgehead atoms. The molecule has 0 aliphatic carbocycles. The lowest BCUT2D eigenvalue weighted by Crippen LogP contribution is -2.23. The molecule has 0 atom stereocenters. The van der Waals surface area contributed by atoms with Crippen LogP contribution in [0.3, 0.4) is 0 Å². The molecule has 27 heavy (non-hydrogen) atoms. The lowest BCUT2D eigenvalue weighted by Gasteiger charge is -2.17. The van der Waals surface area contributed by atoms with E-state index in [2.05, 4.69) is 64.9 Å². The van der Waals surface area contributed by atoms with Crippen LogP contribution in [0.2, 0.25) is 0 Å². The zero-order chi connectivity index (χ0) is 20.7. The smallest absolute Gasteiger partial charge is 0.225 e. The van der Waals surface area contributed by atoms with Crippen LogP contribution < -0.4 is 4.90 Å². The average molecular weight is 369 g/mol. The molecule has 2 aromatic heterocycles. The van der Waals surface area contributed by atoms with E-state index in [4.69, 9.17) is 0 Å². The second-order valence-electron chi connectivity index (χ2n) is 5.43. The minimum Gasteiger partial charge on any atom is -0.341 e. The van der Waals surface area contributed by atoms with Crippen molar-refractivity contribution in [2.45, 2.75) is 55.4 Å². The van der Waals surface area contributed by atoms with Crippen molar-refractivity contribution in [2.24, 2.45) is 0 Å². The van der Waals surface area contributed by atoms with Gasteiger partial charge in [0.25, 0.3) is 0 Å². The third kappa shape index (κ3) is 8.63. The van der Waals surface area contributed by atoms with Crippen molar-refractivity contribution in [3.05, 3.63) is 60.0 Å². The Morgan fingerprint density at radius 2 is 1.37 bits per heavy atom. The Morgan fingerprint density at radius 3 is 1.93 bits per heavy atom. The first kappa shape index (κ1) is 24.5. The molecule has 0 aliphatic heterocycles. The third-order valence-corrected chi connectivity index (χ3v) is 3.58. The molecule has 0 spiro atoms. The third-order valence-electron chi connectivity index (χ3n) is 3.58. The molecule has 1 aromatic carbocycles. The SMILES string of the molecule is CC.CC.CCN(CC)c1ncc(C)cn1.Cc1ccc2cccnc2c1.